The number of hydrogen-bond donors (Lipinski definition) is 0. The molecule has 0 saturated carbocycles. The standard InChI is InChI=1S/C19H28N4O2/c1-20(2)19(25)21(3)16-9-11-22(12-10-16)14-18(24)23-13-8-15-6-4-5-7-17(15)23/h4-7,16H,8-14H2,1-3H3. The van der Waals surface area contributed by atoms with Crippen molar-refractivity contribution in [2.75, 3.05) is 52.2 Å². The van der Waals surface area contributed by atoms with E-state index in [9.17, 15) is 9.59 Å². The van der Waals surface area contributed by atoms with Crippen LogP contribution in [0.1, 0.15) is 18.4 Å². The van der Waals surface area contributed by atoms with Gasteiger partial charge in [-0.15, -0.1) is 0 Å². The molecule has 1 fully saturated rings. The molecule has 2 aliphatic heterocycles. The molecular weight excluding hydrogens is 316 g/mol. The molecule has 0 bridgehead atoms. The molecule has 25 heavy (non-hydrogen) atoms. The summed E-state index contributed by atoms with van der Waals surface area (Å²) >= 11 is 0. The van der Waals surface area contributed by atoms with E-state index < -0.39 is 0 Å². The van der Waals surface area contributed by atoms with Crippen LogP contribution in [0.5, 0.6) is 0 Å². The van der Waals surface area contributed by atoms with Crippen LogP contribution in [-0.2, 0) is 11.2 Å². The van der Waals surface area contributed by atoms with Crippen LogP contribution in [0.2, 0.25) is 0 Å². The molecule has 0 aromatic heterocycles. The summed E-state index contributed by atoms with van der Waals surface area (Å²) in [5, 5.41) is 0. The van der Waals surface area contributed by atoms with Gasteiger partial charge in [-0.1, -0.05) is 18.2 Å². The van der Waals surface area contributed by atoms with Crippen molar-refractivity contribution < 1.29 is 9.59 Å². The summed E-state index contributed by atoms with van der Waals surface area (Å²) in [4.78, 5) is 32.3. The molecule has 1 saturated heterocycles. The first-order valence-corrected chi connectivity index (χ1v) is 9.02. The maximum atomic E-state index is 12.7. The SMILES string of the molecule is CN(C)C(=O)N(C)C1CCN(CC(=O)N2CCc3ccccc32)CC1. The minimum atomic E-state index is 0.0446. The molecule has 3 amide bonds. The van der Waals surface area contributed by atoms with Gasteiger partial charge >= 0.3 is 6.03 Å². The first-order valence-electron chi connectivity index (χ1n) is 9.02. The molecule has 2 aliphatic rings. The molecule has 6 nitrogen and oxygen atoms in total. The van der Waals surface area contributed by atoms with E-state index in [2.05, 4.69) is 11.0 Å². The van der Waals surface area contributed by atoms with Gasteiger partial charge in [0.25, 0.3) is 0 Å². The molecule has 6 heteroatoms. The predicted molar refractivity (Wildman–Crippen MR) is 98.8 cm³/mol. The van der Waals surface area contributed by atoms with E-state index in [1.165, 1.54) is 5.56 Å². The zero-order valence-corrected chi connectivity index (χ0v) is 15.4. The van der Waals surface area contributed by atoms with E-state index in [1.807, 2.05) is 35.0 Å². The van der Waals surface area contributed by atoms with E-state index >= 15 is 0 Å². The number of carbonyl (C=O) groups is 2. The monoisotopic (exact) mass is 344 g/mol. The number of fused-ring (bicyclic) bond motifs is 1. The van der Waals surface area contributed by atoms with Gasteiger partial charge in [0.1, 0.15) is 0 Å². The molecule has 0 radical (unpaired) electrons. The number of hydrogen-bond acceptors (Lipinski definition) is 3. The van der Waals surface area contributed by atoms with Gasteiger partial charge in [0.15, 0.2) is 0 Å². The molecule has 0 unspecified atom stereocenters. The normalized spacial score (nSPS) is 18.1. The van der Waals surface area contributed by atoms with Crippen LogP contribution in [0.15, 0.2) is 24.3 Å². The lowest BCUT2D eigenvalue weighted by atomic mass is 10.0. The van der Waals surface area contributed by atoms with E-state index in [-0.39, 0.29) is 18.0 Å². The summed E-state index contributed by atoms with van der Waals surface area (Å²) in [6, 6.07) is 8.47. The van der Waals surface area contributed by atoms with Gasteiger partial charge < -0.3 is 14.7 Å². The van der Waals surface area contributed by atoms with Crippen LogP contribution in [0.4, 0.5) is 10.5 Å². The van der Waals surface area contributed by atoms with Crippen molar-refractivity contribution in [3.63, 3.8) is 0 Å². The van der Waals surface area contributed by atoms with Crippen molar-refractivity contribution in [2.45, 2.75) is 25.3 Å². The first kappa shape index (κ1) is 17.7. The predicted octanol–water partition coefficient (Wildman–Crippen LogP) is 1.65. The number of benzene rings is 1. The molecule has 136 valence electrons. The number of para-hydroxylation sites is 1. The number of anilines is 1. The van der Waals surface area contributed by atoms with E-state index in [1.54, 1.807) is 19.0 Å². The first-order chi connectivity index (χ1) is 12.0. The Labute approximate surface area is 150 Å². The fourth-order valence-electron chi connectivity index (χ4n) is 3.81. The Hall–Kier alpha value is -2.08. The second kappa shape index (κ2) is 7.44. The van der Waals surface area contributed by atoms with E-state index in [0.29, 0.717) is 6.54 Å². The molecule has 0 N–H and O–H groups in total. The minimum absolute atomic E-state index is 0.0446. The molecule has 0 spiro atoms. The van der Waals surface area contributed by atoms with Crippen LogP contribution in [0.25, 0.3) is 0 Å². The molecule has 2 heterocycles. The molecule has 1 aromatic carbocycles. The van der Waals surface area contributed by atoms with Crippen LogP contribution < -0.4 is 4.90 Å². The maximum Gasteiger partial charge on any atom is 0.319 e. The lowest BCUT2D eigenvalue weighted by Crippen LogP contribution is -2.50. The minimum Gasteiger partial charge on any atom is -0.331 e. The van der Waals surface area contributed by atoms with Crippen molar-refractivity contribution in [2.24, 2.45) is 0 Å². The quantitative estimate of drug-likeness (QED) is 0.838. The van der Waals surface area contributed by atoms with Crippen molar-refractivity contribution in [3.8, 4) is 0 Å². The van der Waals surface area contributed by atoms with Crippen molar-refractivity contribution >= 4 is 17.6 Å². The van der Waals surface area contributed by atoms with Crippen molar-refractivity contribution in [1.82, 2.24) is 14.7 Å². The summed E-state index contributed by atoms with van der Waals surface area (Å²) in [5.74, 6) is 0.182. The zero-order chi connectivity index (χ0) is 18.0. The molecule has 0 aliphatic carbocycles. The topological polar surface area (TPSA) is 47.1 Å². The highest BCUT2D eigenvalue weighted by Gasteiger charge is 2.29. The number of nitrogens with zero attached hydrogens (tertiary/aromatic N) is 4. The highest BCUT2D eigenvalue weighted by atomic mass is 16.2. The van der Waals surface area contributed by atoms with Crippen LogP contribution in [-0.4, -0.2) is 80.0 Å². The van der Waals surface area contributed by atoms with E-state index in [4.69, 9.17) is 0 Å². The summed E-state index contributed by atoms with van der Waals surface area (Å²) in [7, 11) is 5.43. The summed E-state index contributed by atoms with van der Waals surface area (Å²) in [6.45, 7) is 2.97. The van der Waals surface area contributed by atoms with Gasteiger partial charge in [-0.25, -0.2) is 4.79 Å². The third-order valence-electron chi connectivity index (χ3n) is 5.34. The number of rotatable bonds is 3. The Morgan fingerprint density at radius 1 is 1.08 bits per heavy atom. The summed E-state index contributed by atoms with van der Waals surface area (Å²) in [6.07, 6.45) is 2.78. The smallest absolute Gasteiger partial charge is 0.319 e. The second-order valence-corrected chi connectivity index (χ2v) is 7.22. The number of likely N-dealkylation sites (tertiary alicyclic amines) is 1. The van der Waals surface area contributed by atoms with E-state index in [0.717, 1.165) is 44.6 Å². The Morgan fingerprint density at radius 2 is 1.76 bits per heavy atom. The fourth-order valence-corrected chi connectivity index (χ4v) is 3.81. The van der Waals surface area contributed by atoms with Gasteiger partial charge in [-0.2, -0.15) is 0 Å². The van der Waals surface area contributed by atoms with Crippen molar-refractivity contribution in [1.29, 1.82) is 0 Å². The lowest BCUT2D eigenvalue weighted by Gasteiger charge is -2.37. The maximum absolute atomic E-state index is 12.7. The molecule has 1 aromatic rings. The Bertz CT molecular complexity index is 638. The number of carbonyl (C=O) groups excluding carboxylic acids is 2. The summed E-state index contributed by atoms with van der Waals surface area (Å²) < 4.78 is 0. The average Bonchev–Trinajstić information content (AvgIpc) is 3.05. The van der Waals surface area contributed by atoms with Crippen LogP contribution in [0.3, 0.4) is 0 Å². The zero-order valence-electron chi connectivity index (χ0n) is 15.4. The number of amides is 3. The van der Waals surface area contributed by atoms with Gasteiger partial charge in [-0.3, -0.25) is 9.69 Å². The largest absolute Gasteiger partial charge is 0.331 e. The Balaban J connectivity index is 1.51. The van der Waals surface area contributed by atoms with Crippen molar-refractivity contribution in [3.05, 3.63) is 29.8 Å². The lowest BCUT2D eigenvalue weighted by molar-refractivity contribution is -0.120. The molecule has 3 rings (SSSR count). The van der Waals surface area contributed by atoms with Gasteiger partial charge in [0, 0.05) is 52.5 Å². The number of urea groups is 1. The highest BCUT2D eigenvalue weighted by Crippen LogP contribution is 2.27. The highest BCUT2D eigenvalue weighted by molar-refractivity contribution is 5.96. The third kappa shape index (κ3) is 3.79. The number of piperidine rings is 1. The Morgan fingerprint density at radius 3 is 2.44 bits per heavy atom. The van der Waals surface area contributed by atoms with Crippen LogP contribution >= 0.6 is 0 Å². The molecular formula is C19H28N4O2. The van der Waals surface area contributed by atoms with Gasteiger partial charge in [0.05, 0.1) is 6.54 Å². The summed E-state index contributed by atoms with van der Waals surface area (Å²) in [5.41, 5.74) is 2.33. The van der Waals surface area contributed by atoms with Gasteiger partial charge in [-0.05, 0) is 30.9 Å². The van der Waals surface area contributed by atoms with Crippen LogP contribution in [0, 0.1) is 0 Å². The Kier molecular flexibility index (Phi) is 5.27. The average molecular weight is 344 g/mol. The van der Waals surface area contributed by atoms with Gasteiger partial charge in [0.2, 0.25) is 5.91 Å². The third-order valence-corrected chi connectivity index (χ3v) is 5.34. The fraction of sp³-hybridized carbons (Fsp3) is 0.579. The second-order valence-electron chi connectivity index (χ2n) is 7.22. The molecule has 0 atom stereocenters.